The Bertz CT molecular complexity index is 765. The van der Waals surface area contributed by atoms with Crippen molar-refractivity contribution >= 4 is 22.9 Å². The minimum atomic E-state index is 0.0374. The van der Waals surface area contributed by atoms with E-state index in [-0.39, 0.29) is 5.91 Å². The second-order valence-corrected chi connectivity index (χ2v) is 8.72. The first-order valence-corrected chi connectivity index (χ1v) is 10.6. The predicted molar refractivity (Wildman–Crippen MR) is 113 cm³/mol. The van der Waals surface area contributed by atoms with Crippen LogP contribution in [0.2, 0.25) is 0 Å². The highest BCUT2D eigenvalue weighted by molar-refractivity contribution is 7.09. The highest BCUT2D eigenvalue weighted by Gasteiger charge is 2.24. The molecular weight excluding hydrogens is 356 g/mol. The number of hydrogen-bond donors (Lipinski definition) is 1. The number of likely N-dealkylation sites (tertiary alicyclic amines) is 1. The largest absolute Gasteiger partial charge is 0.325 e. The number of hydrogen-bond acceptors (Lipinski definition) is 5. The van der Waals surface area contributed by atoms with Gasteiger partial charge in [-0.1, -0.05) is 12.1 Å². The van der Waals surface area contributed by atoms with Crippen LogP contribution in [-0.4, -0.2) is 59.5 Å². The van der Waals surface area contributed by atoms with Gasteiger partial charge in [0.2, 0.25) is 5.91 Å². The molecule has 1 aliphatic heterocycles. The molecule has 0 spiro atoms. The minimum absolute atomic E-state index is 0.0374. The maximum atomic E-state index is 12.5. The lowest BCUT2D eigenvalue weighted by Crippen LogP contribution is -2.47. The molecule has 1 N–H and O–H groups in total. The van der Waals surface area contributed by atoms with Crippen LogP contribution in [0.4, 0.5) is 5.69 Å². The minimum Gasteiger partial charge on any atom is -0.325 e. The maximum Gasteiger partial charge on any atom is 0.238 e. The lowest BCUT2D eigenvalue weighted by molar-refractivity contribution is -0.117. The fraction of sp³-hybridized carbons (Fsp3) is 0.524. The highest BCUT2D eigenvalue weighted by atomic mass is 32.1. The summed E-state index contributed by atoms with van der Waals surface area (Å²) in [5, 5.41) is 6.14. The Morgan fingerprint density at radius 2 is 2.11 bits per heavy atom. The first-order valence-electron chi connectivity index (χ1n) is 9.69. The van der Waals surface area contributed by atoms with Crippen LogP contribution in [0.1, 0.15) is 31.7 Å². The standard InChI is InChI=1S/C21H30N4OS/c1-15(2)25-10-8-19(9-11-25)24(4)13-21(26)23-18-7-5-6-17(12-18)20-14-27-16(3)22-20/h5-7,12,14-15,19H,8-11,13H2,1-4H3,(H,23,26). The van der Waals surface area contributed by atoms with Gasteiger partial charge in [0.1, 0.15) is 0 Å². The number of aromatic nitrogens is 1. The van der Waals surface area contributed by atoms with Gasteiger partial charge in [0.15, 0.2) is 0 Å². The monoisotopic (exact) mass is 386 g/mol. The number of nitrogens with one attached hydrogen (secondary N) is 1. The topological polar surface area (TPSA) is 48.5 Å². The molecule has 1 aromatic heterocycles. The van der Waals surface area contributed by atoms with Crippen molar-refractivity contribution in [1.82, 2.24) is 14.8 Å². The second-order valence-electron chi connectivity index (χ2n) is 7.66. The number of carbonyl (C=O) groups is 1. The summed E-state index contributed by atoms with van der Waals surface area (Å²) >= 11 is 1.64. The van der Waals surface area contributed by atoms with Gasteiger partial charge in [-0.25, -0.2) is 4.98 Å². The zero-order valence-electron chi connectivity index (χ0n) is 16.7. The summed E-state index contributed by atoms with van der Waals surface area (Å²) in [5.74, 6) is 0.0374. The molecule has 0 bridgehead atoms. The predicted octanol–water partition coefficient (Wildman–Crippen LogP) is 3.86. The number of nitrogens with zero attached hydrogens (tertiary/aromatic N) is 3. The van der Waals surface area contributed by atoms with E-state index in [1.807, 2.05) is 36.6 Å². The lowest BCUT2D eigenvalue weighted by Gasteiger charge is -2.38. The molecule has 5 nitrogen and oxygen atoms in total. The van der Waals surface area contributed by atoms with Crippen molar-refractivity contribution in [3.05, 3.63) is 34.7 Å². The summed E-state index contributed by atoms with van der Waals surface area (Å²) in [6.07, 6.45) is 2.25. The van der Waals surface area contributed by atoms with Gasteiger partial charge in [-0.05, 0) is 65.9 Å². The quantitative estimate of drug-likeness (QED) is 0.819. The van der Waals surface area contributed by atoms with Gasteiger partial charge >= 0.3 is 0 Å². The number of amides is 1. The Balaban J connectivity index is 1.53. The van der Waals surface area contributed by atoms with Crippen LogP contribution in [0, 0.1) is 6.92 Å². The zero-order chi connectivity index (χ0) is 19.4. The number of piperidine rings is 1. The van der Waals surface area contributed by atoms with Gasteiger partial charge in [-0.3, -0.25) is 9.69 Å². The van der Waals surface area contributed by atoms with Gasteiger partial charge < -0.3 is 10.2 Å². The zero-order valence-corrected chi connectivity index (χ0v) is 17.6. The Kier molecular flexibility index (Phi) is 6.63. The number of carbonyl (C=O) groups excluding carboxylic acids is 1. The fourth-order valence-electron chi connectivity index (χ4n) is 3.65. The molecule has 1 aromatic carbocycles. The molecule has 0 unspecified atom stereocenters. The average molecular weight is 387 g/mol. The van der Waals surface area contributed by atoms with E-state index in [1.54, 1.807) is 11.3 Å². The van der Waals surface area contributed by atoms with Crippen LogP contribution < -0.4 is 5.32 Å². The SMILES string of the molecule is Cc1nc(-c2cccc(NC(=O)CN(C)C3CCN(C(C)C)CC3)c2)cs1. The smallest absolute Gasteiger partial charge is 0.238 e. The molecule has 0 aliphatic carbocycles. The maximum absolute atomic E-state index is 12.5. The van der Waals surface area contributed by atoms with E-state index < -0.39 is 0 Å². The molecule has 3 rings (SSSR count). The molecule has 1 fully saturated rings. The molecule has 0 saturated carbocycles. The van der Waals surface area contributed by atoms with E-state index in [1.165, 1.54) is 0 Å². The Morgan fingerprint density at radius 3 is 2.74 bits per heavy atom. The van der Waals surface area contributed by atoms with Gasteiger partial charge in [0, 0.05) is 28.7 Å². The molecule has 146 valence electrons. The van der Waals surface area contributed by atoms with Crippen molar-refractivity contribution in [3.63, 3.8) is 0 Å². The van der Waals surface area contributed by atoms with E-state index in [4.69, 9.17) is 0 Å². The van der Waals surface area contributed by atoms with Crippen molar-refractivity contribution in [2.75, 3.05) is 32.0 Å². The summed E-state index contributed by atoms with van der Waals surface area (Å²) in [7, 11) is 2.06. The number of likely N-dealkylation sites (N-methyl/N-ethyl adjacent to an activating group) is 1. The van der Waals surface area contributed by atoms with Crippen molar-refractivity contribution in [2.45, 2.75) is 45.7 Å². The molecule has 6 heteroatoms. The van der Waals surface area contributed by atoms with Gasteiger partial charge in [-0.15, -0.1) is 11.3 Å². The lowest BCUT2D eigenvalue weighted by atomic mass is 10.0. The molecule has 2 aromatic rings. The normalized spacial score (nSPS) is 16.2. The van der Waals surface area contributed by atoms with Crippen molar-refractivity contribution in [1.29, 1.82) is 0 Å². The van der Waals surface area contributed by atoms with Crippen LogP contribution >= 0.6 is 11.3 Å². The number of thiazole rings is 1. The van der Waals surface area contributed by atoms with Crippen molar-refractivity contribution in [2.24, 2.45) is 0 Å². The van der Waals surface area contributed by atoms with Crippen molar-refractivity contribution in [3.8, 4) is 11.3 Å². The Labute approximate surface area is 166 Å². The van der Waals surface area contributed by atoms with Crippen LogP contribution in [0.15, 0.2) is 29.6 Å². The summed E-state index contributed by atoms with van der Waals surface area (Å²) < 4.78 is 0. The molecule has 1 aliphatic rings. The Morgan fingerprint density at radius 1 is 1.37 bits per heavy atom. The van der Waals surface area contributed by atoms with E-state index >= 15 is 0 Å². The number of aryl methyl sites for hydroxylation is 1. The molecule has 2 heterocycles. The van der Waals surface area contributed by atoms with E-state index in [2.05, 4.69) is 41.0 Å². The molecule has 27 heavy (non-hydrogen) atoms. The fourth-order valence-corrected chi connectivity index (χ4v) is 4.27. The van der Waals surface area contributed by atoms with Crippen LogP contribution in [0.3, 0.4) is 0 Å². The third kappa shape index (κ3) is 5.37. The summed E-state index contributed by atoms with van der Waals surface area (Å²) in [6, 6.07) is 9.00. The van der Waals surface area contributed by atoms with Gasteiger partial charge in [0.05, 0.1) is 17.2 Å². The number of rotatable bonds is 6. The van der Waals surface area contributed by atoms with Crippen molar-refractivity contribution < 1.29 is 4.79 Å². The molecule has 1 saturated heterocycles. The third-order valence-corrected chi connectivity index (χ3v) is 6.08. The average Bonchev–Trinajstić information content (AvgIpc) is 3.08. The molecule has 0 atom stereocenters. The van der Waals surface area contributed by atoms with Crippen LogP contribution in [0.25, 0.3) is 11.3 Å². The summed E-state index contributed by atoms with van der Waals surface area (Å²) in [5.41, 5.74) is 2.82. The van der Waals surface area contributed by atoms with E-state index in [9.17, 15) is 4.79 Å². The molecule has 0 radical (unpaired) electrons. The second kappa shape index (κ2) is 8.95. The molecular formula is C21H30N4OS. The third-order valence-electron chi connectivity index (χ3n) is 5.31. The van der Waals surface area contributed by atoms with Crippen LogP contribution in [0.5, 0.6) is 0 Å². The molecule has 1 amide bonds. The van der Waals surface area contributed by atoms with Gasteiger partial charge in [-0.2, -0.15) is 0 Å². The summed E-state index contributed by atoms with van der Waals surface area (Å²) in [6.45, 7) is 9.15. The van der Waals surface area contributed by atoms with Crippen LogP contribution in [-0.2, 0) is 4.79 Å². The number of benzene rings is 1. The number of anilines is 1. The first kappa shape index (κ1) is 20.0. The van der Waals surface area contributed by atoms with E-state index in [0.29, 0.717) is 18.6 Å². The van der Waals surface area contributed by atoms with E-state index in [0.717, 1.165) is 47.9 Å². The first-order chi connectivity index (χ1) is 12.9. The summed E-state index contributed by atoms with van der Waals surface area (Å²) in [4.78, 5) is 21.7. The highest BCUT2D eigenvalue weighted by Crippen LogP contribution is 2.24. The Hall–Kier alpha value is -1.76. The van der Waals surface area contributed by atoms with Gasteiger partial charge in [0.25, 0.3) is 0 Å².